The normalized spacial score (nSPS) is 16.9. The van der Waals surface area contributed by atoms with E-state index < -0.39 is 15.4 Å². The van der Waals surface area contributed by atoms with Crippen molar-refractivity contribution in [3.05, 3.63) is 42.2 Å². The first-order chi connectivity index (χ1) is 15.0. The number of aromatic nitrogens is 2. The van der Waals surface area contributed by atoms with E-state index in [4.69, 9.17) is 9.47 Å². The van der Waals surface area contributed by atoms with Gasteiger partial charge in [0, 0.05) is 35.2 Å². The summed E-state index contributed by atoms with van der Waals surface area (Å²) in [5.74, 6) is 1.40. The Hall–Kier alpha value is -2.56. The number of sulfone groups is 1. The van der Waals surface area contributed by atoms with E-state index in [1.807, 2.05) is 26.0 Å². The number of fused-ring (bicyclic) bond motifs is 1. The molecule has 32 heavy (non-hydrogen) atoms. The number of ether oxygens (including phenoxy) is 2. The minimum atomic E-state index is -3.32. The van der Waals surface area contributed by atoms with Crippen molar-refractivity contribution in [1.82, 2.24) is 9.97 Å². The van der Waals surface area contributed by atoms with Crippen LogP contribution in [-0.2, 0) is 9.84 Å². The second-order valence-corrected chi connectivity index (χ2v) is 11.7. The second kappa shape index (κ2) is 8.42. The number of benzene rings is 1. The lowest BCUT2D eigenvalue weighted by Gasteiger charge is -2.20. The van der Waals surface area contributed by atoms with Crippen molar-refractivity contribution in [2.75, 3.05) is 19.9 Å². The number of aliphatic imine (C=N–C) groups is 1. The Morgan fingerprint density at radius 1 is 1.28 bits per heavy atom. The predicted molar refractivity (Wildman–Crippen MR) is 126 cm³/mol. The number of aromatic amines is 1. The smallest absolute Gasteiger partial charge is 0.219 e. The number of pyridine rings is 1. The minimum absolute atomic E-state index is 0.130. The Morgan fingerprint density at radius 2 is 2.06 bits per heavy atom. The van der Waals surface area contributed by atoms with Crippen molar-refractivity contribution in [3.63, 3.8) is 0 Å². The van der Waals surface area contributed by atoms with Crippen LogP contribution in [0.5, 0.6) is 17.4 Å². The molecule has 3 aromatic rings. The molecule has 2 N–H and O–H groups in total. The number of aliphatic hydroxyl groups is 1. The highest BCUT2D eigenvalue weighted by molar-refractivity contribution is 8.15. The van der Waals surface area contributed by atoms with Gasteiger partial charge in [-0.05, 0) is 38.5 Å². The van der Waals surface area contributed by atoms with Crippen molar-refractivity contribution in [1.29, 1.82) is 0 Å². The maximum atomic E-state index is 11.6. The Kier molecular flexibility index (Phi) is 5.95. The van der Waals surface area contributed by atoms with Crippen LogP contribution in [0.4, 0.5) is 0 Å². The first-order valence-corrected chi connectivity index (χ1v) is 12.8. The zero-order valence-electron chi connectivity index (χ0n) is 18.2. The van der Waals surface area contributed by atoms with Gasteiger partial charge in [0.25, 0.3) is 0 Å². The summed E-state index contributed by atoms with van der Waals surface area (Å²) in [6, 6.07) is 8.57. The first kappa shape index (κ1) is 22.6. The SMILES string of the molecule is COc1cc(Oc2ccc(S(C)(=O)=O)cn2)cc2cc(C3=NCC(CC(C)(C)O)S3)[nH]c12. The van der Waals surface area contributed by atoms with Gasteiger partial charge in [0.1, 0.15) is 16.5 Å². The molecular weight excluding hydrogens is 450 g/mol. The lowest BCUT2D eigenvalue weighted by atomic mass is 10.0. The molecule has 1 atom stereocenters. The molecule has 1 unspecified atom stereocenters. The molecule has 0 amide bonds. The number of H-pyrrole nitrogens is 1. The van der Waals surface area contributed by atoms with Gasteiger partial charge in [-0.2, -0.15) is 0 Å². The van der Waals surface area contributed by atoms with E-state index in [0.717, 1.165) is 27.9 Å². The maximum absolute atomic E-state index is 11.6. The molecule has 8 nitrogen and oxygen atoms in total. The molecule has 0 spiro atoms. The number of nitrogens with zero attached hydrogens (tertiary/aromatic N) is 2. The molecule has 1 aromatic carbocycles. The van der Waals surface area contributed by atoms with Crippen LogP contribution in [0.3, 0.4) is 0 Å². The van der Waals surface area contributed by atoms with Gasteiger partial charge in [0.15, 0.2) is 9.84 Å². The number of hydrogen-bond donors (Lipinski definition) is 2. The second-order valence-electron chi connectivity index (χ2n) is 8.38. The van der Waals surface area contributed by atoms with Crippen molar-refractivity contribution in [3.8, 4) is 17.4 Å². The summed E-state index contributed by atoms with van der Waals surface area (Å²) in [5, 5.41) is 12.1. The standard InChI is InChI=1S/C22H25N3O5S2/c1-22(2,26)10-15-11-24-21(31-15)17-8-13-7-14(9-18(29-3)20(13)25-17)30-19-6-5-16(12-23-19)32(4,27)28/h5-9,12,15,25-26H,10-11H2,1-4H3. The van der Waals surface area contributed by atoms with Gasteiger partial charge < -0.3 is 19.6 Å². The summed E-state index contributed by atoms with van der Waals surface area (Å²) < 4.78 is 34.6. The largest absolute Gasteiger partial charge is 0.494 e. The maximum Gasteiger partial charge on any atom is 0.219 e. The van der Waals surface area contributed by atoms with Crippen LogP contribution in [0.15, 0.2) is 46.4 Å². The summed E-state index contributed by atoms with van der Waals surface area (Å²) in [6.45, 7) is 4.29. The van der Waals surface area contributed by atoms with Crippen LogP contribution in [-0.4, -0.2) is 59.3 Å². The quantitative estimate of drug-likeness (QED) is 0.534. The Morgan fingerprint density at radius 3 is 2.69 bits per heavy atom. The lowest BCUT2D eigenvalue weighted by Crippen LogP contribution is -2.25. The molecule has 1 aliphatic rings. The van der Waals surface area contributed by atoms with E-state index in [2.05, 4.69) is 15.0 Å². The highest BCUT2D eigenvalue weighted by Crippen LogP contribution is 2.36. The zero-order chi connectivity index (χ0) is 23.1. The molecule has 4 rings (SSSR count). The van der Waals surface area contributed by atoms with E-state index in [1.54, 1.807) is 24.9 Å². The van der Waals surface area contributed by atoms with Gasteiger partial charge in [-0.1, -0.05) is 11.8 Å². The van der Waals surface area contributed by atoms with Crippen molar-refractivity contribution in [2.45, 2.75) is 36.0 Å². The molecule has 0 fully saturated rings. The van der Waals surface area contributed by atoms with E-state index in [-0.39, 0.29) is 16.0 Å². The van der Waals surface area contributed by atoms with Gasteiger partial charge >= 0.3 is 0 Å². The van der Waals surface area contributed by atoms with Gasteiger partial charge in [-0.3, -0.25) is 4.99 Å². The third-order valence-corrected chi connectivity index (χ3v) is 7.24. The topological polar surface area (TPSA) is 114 Å². The Balaban J connectivity index is 1.58. The average molecular weight is 476 g/mol. The summed E-state index contributed by atoms with van der Waals surface area (Å²) >= 11 is 1.66. The summed E-state index contributed by atoms with van der Waals surface area (Å²) in [7, 11) is -1.74. The van der Waals surface area contributed by atoms with Gasteiger partial charge in [-0.15, -0.1) is 0 Å². The highest BCUT2D eigenvalue weighted by Gasteiger charge is 2.27. The number of rotatable bonds is 7. The monoisotopic (exact) mass is 475 g/mol. The van der Waals surface area contributed by atoms with E-state index in [0.29, 0.717) is 24.5 Å². The first-order valence-electron chi connectivity index (χ1n) is 10.0. The Labute approximate surface area is 191 Å². The van der Waals surface area contributed by atoms with Crippen molar-refractivity contribution in [2.24, 2.45) is 4.99 Å². The average Bonchev–Trinajstić information content (AvgIpc) is 3.32. The molecule has 1 aliphatic heterocycles. The van der Waals surface area contributed by atoms with Gasteiger partial charge in [0.05, 0.1) is 35.4 Å². The number of nitrogens with one attached hydrogen (secondary N) is 1. The van der Waals surface area contributed by atoms with Crippen LogP contribution in [0.1, 0.15) is 26.0 Å². The number of thioether (sulfide) groups is 1. The van der Waals surface area contributed by atoms with Crippen LogP contribution >= 0.6 is 11.8 Å². The fourth-order valence-electron chi connectivity index (χ4n) is 3.52. The summed E-state index contributed by atoms with van der Waals surface area (Å²) in [6.07, 6.45) is 3.07. The van der Waals surface area contributed by atoms with E-state index in [1.165, 1.54) is 18.3 Å². The van der Waals surface area contributed by atoms with Crippen molar-refractivity contribution < 1.29 is 23.0 Å². The van der Waals surface area contributed by atoms with Gasteiger partial charge in [-0.25, -0.2) is 13.4 Å². The molecule has 3 heterocycles. The fourth-order valence-corrected chi connectivity index (χ4v) is 5.42. The van der Waals surface area contributed by atoms with Crippen LogP contribution in [0.25, 0.3) is 10.9 Å². The Bertz CT molecular complexity index is 1280. The molecule has 0 saturated carbocycles. The van der Waals surface area contributed by atoms with Gasteiger partial charge in [0.2, 0.25) is 5.88 Å². The zero-order valence-corrected chi connectivity index (χ0v) is 19.9. The predicted octanol–water partition coefficient (Wildman–Crippen LogP) is 3.79. The number of methoxy groups -OCH3 is 1. The molecule has 0 radical (unpaired) electrons. The third-order valence-electron chi connectivity index (χ3n) is 4.92. The van der Waals surface area contributed by atoms with Crippen LogP contribution < -0.4 is 9.47 Å². The fraction of sp³-hybridized carbons (Fsp3) is 0.364. The third kappa shape index (κ3) is 5.08. The van der Waals surface area contributed by atoms with Crippen molar-refractivity contribution >= 4 is 37.5 Å². The minimum Gasteiger partial charge on any atom is -0.494 e. The number of hydrogen-bond acceptors (Lipinski definition) is 8. The van der Waals surface area contributed by atoms with Crippen LogP contribution in [0, 0.1) is 0 Å². The van der Waals surface area contributed by atoms with E-state index >= 15 is 0 Å². The molecule has 170 valence electrons. The summed E-state index contributed by atoms with van der Waals surface area (Å²) in [5.41, 5.74) is 0.977. The highest BCUT2D eigenvalue weighted by atomic mass is 32.2. The molecule has 2 aromatic heterocycles. The lowest BCUT2D eigenvalue weighted by molar-refractivity contribution is 0.0714. The molecule has 0 bridgehead atoms. The summed E-state index contributed by atoms with van der Waals surface area (Å²) in [4.78, 5) is 12.2. The molecule has 10 heteroatoms. The molecule has 0 saturated heterocycles. The molecule has 0 aliphatic carbocycles. The van der Waals surface area contributed by atoms with E-state index in [9.17, 15) is 13.5 Å². The van der Waals surface area contributed by atoms with Crippen LogP contribution in [0.2, 0.25) is 0 Å². The molecular formula is C22H25N3O5S2.